The van der Waals surface area contributed by atoms with Gasteiger partial charge in [-0.3, -0.25) is 0 Å². The zero-order chi connectivity index (χ0) is 13.7. The SMILES string of the molecule is CCCc1nc(-c2cccc(Cl)c2)sc1CNCC. The average Bonchev–Trinajstić information content (AvgIpc) is 2.80. The Kier molecular flexibility index (Phi) is 5.37. The van der Waals surface area contributed by atoms with Gasteiger partial charge in [0.25, 0.3) is 0 Å². The van der Waals surface area contributed by atoms with Crippen LogP contribution in [0.1, 0.15) is 30.8 Å². The van der Waals surface area contributed by atoms with E-state index in [1.165, 1.54) is 10.6 Å². The molecule has 4 heteroatoms. The standard InChI is InChI=1S/C15H19ClN2S/c1-3-6-13-14(10-17-4-2)19-15(18-13)11-7-5-8-12(16)9-11/h5,7-9,17H,3-4,6,10H2,1-2H3. The third-order valence-corrected chi connectivity index (χ3v) is 4.25. The summed E-state index contributed by atoms with van der Waals surface area (Å²) in [4.78, 5) is 6.13. The van der Waals surface area contributed by atoms with Gasteiger partial charge in [-0.25, -0.2) is 4.98 Å². The lowest BCUT2D eigenvalue weighted by atomic mass is 10.2. The molecule has 0 saturated carbocycles. The second kappa shape index (κ2) is 7.04. The normalized spacial score (nSPS) is 10.9. The van der Waals surface area contributed by atoms with Crippen LogP contribution < -0.4 is 5.32 Å². The summed E-state index contributed by atoms with van der Waals surface area (Å²) in [6, 6.07) is 7.91. The van der Waals surface area contributed by atoms with Crippen LogP contribution in [0.5, 0.6) is 0 Å². The van der Waals surface area contributed by atoms with Crippen LogP contribution in [0, 0.1) is 0 Å². The third-order valence-electron chi connectivity index (χ3n) is 2.87. The van der Waals surface area contributed by atoms with Crippen LogP contribution in [0.2, 0.25) is 5.02 Å². The lowest BCUT2D eigenvalue weighted by Crippen LogP contribution is -2.11. The highest BCUT2D eigenvalue weighted by Gasteiger charge is 2.11. The highest BCUT2D eigenvalue weighted by atomic mass is 35.5. The van der Waals surface area contributed by atoms with Gasteiger partial charge in [0.2, 0.25) is 0 Å². The van der Waals surface area contributed by atoms with Crippen molar-refractivity contribution in [1.82, 2.24) is 10.3 Å². The zero-order valence-electron chi connectivity index (χ0n) is 11.4. The number of nitrogens with one attached hydrogen (secondary N) is 1. The lowest BCUT2D eigenvalue weighted by molar-refractivity contribution is 0.723. The Bertz CT molecular complexity index is 537. The molecule has 2 rings (SSSR count). The number of hydrogen-bond acceptors (Lipinski definition) is 3. The van der Waals surface area contributed by atoms with E-state index < -0.39 is 0 Å². The molecule has 1 heterocycles. The molecule has 1 aromatic carbocycles. The van der Waals surface area contributed by atoms with E-state index in [1.54, 1.807) is 11.3 Å². The van der Waals surface area contributed by atoms with Crippen molar-refractivity contribution in [1.29, 1.82) is 0 Å². The van der Waals surface area contributed by atoms with E-state index in [1.807, 2.05) is 18.2 Å². The largest absolute Gasteiger partial charge is 0.312 e. The molecule has 0 radical (unpaired) electrons. The molecule has 102 valence electrons. The van der Waals surface area contributed by atoms with Crippen molar-refractivity contribution in [2.75, 3.05) is 6.54 Å². The molecule has 0 aliphatic rings. The van der Waals surface area contributed by atoms with Crippen molar-refractivity contribution < 1.29 is 0 Å². The summed E-state index contributed by atoms with van der Waals surface area (Å²) in [5, 5.41) is 5.21. The maximum Gasteiger partial charge on any atom is 0.123 e. The maximum absolute atomic E-state index is 6.05. The number of aryl methyl sites for hydroxylation is 1. The molecule has 0 fully saturated rings. The number of halogens is 1. The van der Waals surface area contributed by atoms with Crippen molar-refractivity contribution in [2.45, 2.75) is 33.2 Å². The lowest BCUT2D eigenvalue weighted by Gasteiger charge is -2.00. The first-order valence-corrected chi connectivity index (χ1v) is 7.89. The van der Waals surface area contributed by atoms with Crippen molar-refractivity contribution in [2.24, 2.45) is 0 Å². The monoisotopic (exact) mass is 294 g/mol. The average molecular weight is 295 g/mol. The Balaban J connectivity index is 2.30. The van der Waals surface area contributed by atoms with E-state index >= 15 is 0 Å². The summed E-state index contributed by atoms with van der Waals surface area (Å²) >= 11 is 7.82. The molecule has 1 N–H and O–H groups in total. The molecular weight excluding hydrogens is 276 g/mol. The first-order chi connectivity index (χ1) is 9.24. The van der Waals surface area contributed by atoms with Crippen LogP contribution in [0.25, 0.3) is 10.6 Å². The van der Waals surface area contributed by atoms with Gasteiger partial charge in [0.1, 0.15) is 5.01 Å². The molecule has 1 aromatic heterocycles. The van der Waals surface area contributed by atoms with Crippen LogP contribution in [0.3, 0.4) is 0 Å². The van der Waals surface area contributed by atoms with E-state index in [9.17, 15) is 0 Å². The number of rotatable bonds is 6. The van der Waals surface area contributed by atoms with E-state index in [2.05, 4.69) is 25.2 Å². The van der Waals surface area contributed by atoms with Crippen LogP contribution in [0.15, 0.2) is 24.3 Å². The fraction of sp³-hybridized carbons (Fsp3) is 0.400. The van der Waals surface area contributed by atoms with Gasteiger partial charge in [0.15, 0.2) is 0 Å². The molecule has 0 amide bonds. The van der Waals surface area contributed by atoms with Gasteiger partial charge in [-0.15, -0.1) is 11.3 Å². The highest BCUT2D eigenvalue weighted by Crippen LogP contribution is 2.30. The Morgan fingerprint density at radius 1 is 1.32 bits per heavy atom. The molecule has 19 heavy (non-hydrogen) atoms. The van der Waals surface area contributed by atoms with Crippen LogP contribution >= 0.6 is 22.9 Å². The summed E-state index contributed by atoms with van der Waals surface area (Å²) in [5.74, 6) is 0. The molecule has 2 aromatic rings. The molecule has 0 atom stereocenters. The Hall–Kier alpha value is -0.900. The van der Waals surface area contributed by atoms with Crippen molar-refractivity contribution >= 4 is 22.9 Å². The molecule has 0 spiro atoms. The zero-order valence-corrected chi connectivity index (χ0v) is 12.9. The topological polar surface area (TPSA) is 24.9 Å². The molecular formula is C15H19ClN2S. The second-order valence-electron chi connectivity index (χ2n) is 4.43. The fourth-order valence-corrected chi connectivity index (χ4v) is 3.20. The van der Waals surface area contributed by atoms with Crippen LogP contribution in [-0.2, 0) is 13.0 Å². The molecule has 0 saturated heterocycles. The smallest absolute Gasteiger partial charge is 0.123 e. The predicted octanol–water partition coefficient (Wildman–Crippen LogP) is 4.53. The Morgan fingerprint density at radius 3 is 2.84 bits per heavy atom. The molecule has 0 aliphatic carbocycles. The van der Waals surface area contributed by atoms with Gasteiger partial charge >= 0.3 is 0 Å². The second-order valence-corrected chi connectivity index (χ2v) is 5.95. The Morgan fingerprint density at radius 2 is 2.16 bits per heavy atom. The molecule has 0 aliphatic heterocycles. The van der Waals surface area contributed by atoms with E-state index in [4.69, 9.17) is 16.6 Å². The number of aromatic nitrogens is 1. The number of hydrogen-bond donors (Lipinski definition) is 1. The van der Waals surface area contributed by atoms with Gasteiger partial charge in [-0.2, -0.15) is 0 Å². The van der Waals surface area contributed by atoms with Gasteiger partial charge in [0, 0.05) is 22.0 Å². The maximum atomic E-state index is 6.05. The van der Waals surface area contributed by atoms with Gasteiger partial charge in [-0.1, -0.05) is 44.0 Å². The van der Waals surface area contributed by atoms with Crippen LogP contribution in [0.4, 0.5) is 0 Å². The van der Waals surface area contributed by atoms with Crippen LogP contribution in [-0.4, -0.2) is 11.5 Å². The number of benzene rings is 1. The minimum atomic E-state index is 0.762. The predicted molar refractivity (Wildman–Crippen MR) is 83.9 cm³/mol. The molecule has 2 nitrogen and oxygen atoms in total. The summed E-state index contributed by atoms with van der Waals surface area (Å²) in [6.07, 6.45) is 2.16. The number of thiazole rings is 1. The first kappa shape index (κ1) is 14.5. The van der Waals surface area contributed by atoms with Gasteiger partial charge < -0.3 is 5.32 Å². The van der Waals surface area contributed by atoms with Gasteiger partial charge in [-0.05, 0) is 25.1 Å². The minimum absolute atomic E-state index is 0.762. The highest BCUT2D eigenvalue weighted by molar-refractivity contribution is 7.15. The third kappa shape index (κ3) is 3.78. The van der Waals surface area contributed by atoms with Crippen molar-refractivity contribution in [3.63, 3.8) is 0 Å². The van der Waals surface area contributed by atoms with E-state index in [0.717, 1.165) is 41.5 Å². The number of nitrogens with zero attached hydrogens (tertiary/aromatic N) is 1. The van der Waals surface area contributed by atoms with Crippen molar-refractivity contribution in [3.8, 4) is 10.6 Å². The molecule has 0 bridgehead atoms. The van der Waals surface area contributed by atoms with E-state index in [0.29, 0.717) is 0 Å². The van der Waals surface area contributed by atoms with Crippen molar-refractivity contribution in [3.05, 3.63) is 39.9 Å². The fourth-order valence-electron chi connectivity index (χ4n) is 1.94. The minimum Gasteiger partial charge on any atom is -0.312 e. The Labute approximate surface area is 123 Å². The summed E-state index contributed by atoms with van der Waals surface area (Å²) in [5.41, 5.74) is 2.33. The quantitative estimate of drug-likeness (QED) is 0.847. The first-order valence-electron chi connectivity index (χ1n) is 6.69. The van der Waals surface area contributed by atoms with Gasteiger partial charge in [0.05, 0.1) is 5.69 Å². The molecule has 0 unspecified atom stereocenters. The van der Waals surface area contributed by atoms with E-state index in [-0.39, 0.29) is 0 Å². The summed E-state index contributed by atoms with van der Waals surface area (Å²) in [6.45, 7) is 6.20. The summed E-state index contributed by atoms with van der Waals surface area (Å²) < 4.78 is 0. The summed E-state index contributed by atoms with van der Waals surface area (Å²) in [7, 11) is 0.